The maximum absolute atomic E-state index is 12.8. The van der Waals surface area contributed by atoms with Gasteiger partial charge in [0.1, 0.15) is 39.4 Å². The van der Waals surface area contributed by atoms with Crippen LogP contribution in [0.15, 0.2) is 72.8 Å². The average molecular weight is 575 g/mol. The van der Waals surface area contributed by atoms with Crippen molar-refractivity contribution in [2.45, 2.75) is 13.8 Å². The van der Waals surface area contributed by atoms with Crippen LogP contribution >= 0.6 is 0 Å². The summed E-state index contributed by atoms with van der Waals surface area (Å²) in [5.41, 5.74) is 5.39. The van der Waals surface area contributed by atoms with Crippen molar-refractivity contribution in [3.8, 4) is 22.3 Å². The van der Waals surface area contributed by atoms with Crippen LogP contribution < -0.4 is 0 Å². The maximum Gasteiger partial charge on any atom is 0.302 e. The summed E-state index contributed by atoms with van der Waals surface area (Å²) < 4.78 is 10.9. The first-order valence-electron chi connectivity index (χ1n) is 14.0. The number of esters is 2. The van der Waals surface area contributed by atoms with E-state index in [1.165, 1.54) is 13.8 Å². The summed E-state index contributed by atoms with van der Waals surface area (Å²) in [5, 5.41) is 0. The van der Waals surface area contributed by atoms with E-state index in [0.717, 1.165) is 22.3 Å². The van der Waals surface area contributed by atoms with E-state index >= 15 is 0 Å². The first-order valence-corrected chi connectivity index (χ1v) is 14.0. The number of carbonyl (C=O) groups is 4. The van der Waals surface area contributed by atoms with Crippen LogP contribution in [0.2, 0.25) is 0 Å². The second kappa shape index (κ2) is 14.2. The van der Waals surface area contributed by atoms with Crippen molar-refractivity contribution in [3.05, 3.63) is 83.9 Å². The molecule has 0 heterocycles. The van der Waals surface area contributed by atoms with E-state index in [4.69, 9.17) is 9.47 Å². The number of ketones is 2. The van der Waals surface area contributed by atoms with Crippen LogP contribution in [0.25, 0.3) is 22.3 Å². The van der Waals surface area contributed by atoms with Gasteiger partial charge in [0.05, 0.1) is 28.2 Å². The Bertz CT molecular complexity index is 1280. The number of hydrogen-bond donors (Lipinski definition) is 0. The van der Waals surface area contributed by atoms with Crippen molar-refractivity contribution in [3.63, 3.8) is 0 Å². The fourth-order valence-electron chi connectivity index (χ4n) is 4.54. The number of benzene rings is 3. The number of rotatable bonds is 14. The summed E-state index contributed by atoms with van der Waals surface area (Å²) in [6.45, 7) is 5.07. The molecule has 0 atom stereocenters. The first kappa shape index (κ1) is 32.4. The van der Waals surface area contributed by atoms with E-state index in [9.17, 15) is 19.2 Å². The van der Waals surface area contributed by atoms with Gasteiger partial charge in [-0.25, -0.2) is 0 Å². The summed E-state index contributed by atoms with van der Waals surface area (Å²) in [6.07, 6.45) is 0. The molecule has 8 heteroatoms. The zero-order chi connectivity index (χ0) is 30.9. The lowest BCUT2D eigenvalue weighted by molar-refractivity contribution is -0.882. The van der Waals surface area contributed by atoms with Gasteiger partial charge in [-0.3, -0.25) is 19.2 Å². The van der Waals surface area contributed by atoms with Gasteiger partial charge >= 0.3 is 11.9 Å². The van der Waals surface area contributed by atoms with E-state index in [1.54, 1.807) is 0 Å². The Morgan fingerprint density at radius 1 is 0.500 bits per heavy atom. The highest BCUT2D eigenvalue weighted by Gasteiger charge is 2.23. The van der Waals surface area contributed by atoms with Crippen LogP contribution in [-0.2, 0) is 19.1 Å². The number of quaternary nitrogens is 2. The molecule has 0 spiro atoms. The van der Waals surface area contributed by atoms with Gasteiger partial charge in [0.25, 0.3) is 0 Å². The largest absolute Gasteiger partial charge is 0.460 e. The summed E-state index contributed by atoms with van der Waals surface area (Å²) in [7, 11) is 7.77. The van der Waals surface area contributed by atoms with Crippen molar-refractivity contribution in [2.24, 2.45) is 0 Å². The molecule has 0 bridgehead atoms. The molecule has 0 aliphatic carbocycles. The number of ether oxygens (including phenoxy) is 2. The monoisotopic (exact) mass is 574 g/mol. The lowest BCUT2D eigenvalue weighted by Crippen LogP contribution is -2.46. The third-order valence-electron chi connectivity index (χ3n) is 7.11. The normalized spacial score (nSPS) is 11.6. The van der Waals surface area contributed by atoms with Crippen molar-refractivity contribution < 1.29 is 37.6 Å². The van der Waals surface area contributed by atoms with E-state index < -0.39 is 0 Å². The highest BCUT2D eigenvalue weighted by molar-refractivity contribution is 5.98. The van der Waals surface area contributed by atoms with Gasteiger partial charge in [-0.1, -0.05) is 72.8 Å². The topological polar surface area (TPSA) is 86.7 Å². The molecule has 0 unspecified atom stereocenters. The Morgan fingerprint density at radius 2 is 0.762 bits per heavy atom. The predicted molar refractivity (Wildman–Crippen MR) is 163 cm³/mol. The Kier molecular flexibility index (Phi) is 10.9. The Labute approximate surface area is 248 Å². The molecule has 3 aromatic rings. The molecule has 0 saturated heterocycles. The van der Waals surface area contributed by atoms with Crippen LogP contribution in [0.5, 0.6) is 0 Å². The van der Waals surface area contributed by atoms with E-state index in [-0.39, 0.29) is 36.7 Å². The summed E-state index contributed by atoms with van der Waals surface area (Å²) >= 11 is 0. The molecule has 0 amide bonds. The molecule has 0 saturated carbocycles. The SMILES string of the molecule is CC(=O)OCC[N+](C)(C)CC(=O)c1ccc(-c2ccc(-c3ccc(C(=O)C[N+](C)(C)CCOC(C)=O)cc3)cc2)cc1. The minimum atomic E-state index is -0.319. The van der Waals surface area contributed by atoms with Gasteiger partial charge < -0.3 is 18.4 Å². The van der Waals surface area contributed by atoms with Crippen LogP contribution in [-0.4, -0.2) is 100 Å². The Balaban J connectivity index is 1.59. The molecule has 0 N–H and O–H groups in total. The fraction of sp³-hybridized carbons (Fsp3) is 0.353. The smallest absolute Gasteiger partial charge is 0.302 e. The Morgan fingerprint density at radius 3 is 1.02 bits per heavy atom. The van der Waals surface area contributed by atoms with Crippen LogP contribution in [0, 0.1) is 0 Å². The van der Waals surface area contributed by atoms with Crippen molar-refractivity contribution in [1.82, 2.24) is 0 Å². The summed E-state index contributed by atoms with van der Waals surface area (Å²) in [6, 6.07) is 23.4. The molecule has 0 fully saturated rings. The third-order valence-corrected chi connectivity index (χ3v) is 7.11. The van der Waals surface area contributed by atoms with Gasteiger partial charge in [0.2, 0.25) is 11.6 Å². The number of carbonyl (C=O) groups excluding carboxylic acids is 4. The molecule has 0 aromatic heterocycles. The second-order valence-electron chi connectivity index (χ2n) is 11.9. The highest BCUT2D eigenvalue weighted by Crippen LogP contribution is 2.26. The van der Waals surface area contributed by atoms with Crippen LogP contribution in [0.4, 0.5) is 0 Å². The van der Waals surface area contributed by atoms with Crippen LogP contribution in [0.1, 0.15) is 34.6 Å². The van der Waals surface area contributed by atoms with E-state index in [1.807, 2.05) is 101 Å². The van der Waals surface area contributed by atoms with Gasteiger partial charge in [0, 0.05) is 25.0 Å². The predicted octanol–water partition coefficient (Wildman–Crippen LogP) is 4.67. The van der Waals surface area contributed by atoms with Crippen LogP contribution in [0.3, 0.4) is 0 Å². The van der Waals surface area contributed by atoms with Gasteiger partial charge in [-0.05, 0) is 22.3 Å². The fourth-order valence-corrected chi connectivity index (χ4v) is 4.54. The Hall–Kier alpha value is -4.14. The lowest BCUT2D eigenvalue weighted by Gasteiger charge is -2.28. The first-order chi connectivity index (χ1) is 19.7. The molecule has 0 radical (unpaired) electrons. The maximum atomic E-state index is 12.8. The van der Waals surface area contributed by atoms with Crippen molar-refractivity contribution >= 4 is 23.5 Å². The molecular formula is C34H42N2O6+2. The highest BCUT2D eigenvalue weighted by atomic mass is 16.5. The minimum Gasteiger partial charge on any atom is -0.460 e. The molecule has 3 rings (SSSR count). The number of nitrogens with zero attached hydrogens (tertiary/aromatic N) is 2. The van der Waals surface area contributed by atoms with Crippen molar-refractivity contribution in [1.29, 1.82) is 0 Å². The van der Waals surface area contributed by atoms with Gasteiger partial charge in [0.15, 0.2) is 0 Å². The standard InChI is InChI=1S/C34H42N2O6/c1-25(37)41-21-19-35(3,4)23-33(39)31-15-11-29(12-16-31)27-7-9-28(10-8-27)30-13-17-32(18-14-30)34(40)24-36(5,6)20-22-42-26(2)38/h7-18H,19-24H2,1-6H3/q+2. The third kappa shape index (κ3) is 10.0. The molecule has 0 aliphatic rings. The molecule has 8 nitrogen and oxygen atoms in total. The number of hydrogen-bond acceptors (Lipinski definition) is 6. The van der Waals surface area contributed by atoms with Gasteiger partial charge in [-0.2, -0.15) is 0 Å². The molecule has 222 valence electrons. The van der Waals surface area contributed by atoms with E-state index in [2.05, 4.69) is 0 Å². The second-order valence-corrected chi connectivity index (χ2v) is 11.9. The molecular weight excluding hydrogens is 532 g/mol. The average Bonchev–Trinajstić information content (AvgIpc) is 2.92. The minimum absolute atomic E-state index is 0.0381. The zero-order valence-electron chi connectivity index (χ0n) is 25.5. The molecule has 42 heavy (non-hydrogen) atoms. The summed E-state index contributed by atoms with van der Waals surface area (Å²) in [5.74, 6) is -0.562. The molecule has 3 aromatic carbocycles. The quantitative estimate of drug-likeness (QED) is 0.158. The number of likely N-dealkylation sites (N-methyl/N-ethyl adjacent to an activating group) is 2. The van der Waals surface area contributed by atoms with Gasteiger partial charge in [-0.15, -0.1) is 0 Å². The van der Waals surface area contributed by atoms with E-state index in [0.29, 0.717) is 46.3 Å². The van der Waals surface area contributed by atoms with Crippen molar-refractivity contribution in [2.75, 3.05) is 67.6 Å². The molecule has 0 aliphatic heterocycles. The number of Topliss-reactive ketones (excluding diaryl/α,β-unsaturated/α-hetero) is 2. The summed E-state index contributed by atoms with van der Waals surface area (Å²) in [4.78, 5) is 47.7. The zero-order valence-corrected chi connectivity index (χ0v) is 25.5. The lowest BCUT2D eigenvalue weighted by atomic mass is 9.98.